The highest BCUT2D eigenvalue weighted by Gasteiger charge is 2.28. The van der Waals surface area contributed by atoms with Crippen LogP contribution in [0.4, 0.5) is 13.2 Å². The molecule has 0 aromatic carbocycles. The molecular weight excluding hydrogens is 275 g/mol. The summed E-state index contributed by atoms with van der Waals surface area (Å²) >= 11 is 0. The molecule has 0 aliphatic carbocycles. The number of hydrogen-bond acceptors (Lipinski definition) is 0. The second kappa shape index (κ2) is 11.3. The average molecular weight is 310 g/mol. The van der Waals surface area contributed by atoms with Gasteiger partial charge in [0.25, 0.3) is 0 Å². The molecule has 0 N–H and O–H groups in total. The number of alkyl halides is 3. The van der Waals surface area contributed by atoms with E-state index in [1.54, 1.807) is 0 Å². The van der Waals surface area contributed by atoms with Crippen molar-refractivity contribution in [2.24, 2.45) is 0 Å². The van der Waals surface area contributed by atoms with E-state index in [1.165, 1.54) is 38.5 Å². The van der Waals surface area contributed by atoms with Crippen molar-refractivity contribution < 1.29 is 17.7 Å². The van der Waals surface area contributed by atoms with Crippen molar-refractivity contribution in [2.75, 3.05) is 26.2 Å². The number of unbranched alkanes of at least 4 members (excludes halogenated alkanes) is 4. The first kappa shape index (κ1) is 20.8. The summed E-state index contributed by atoms with van der Waals surface area (Å²) < 4.78 is 37.9. The Hall–Kier alpha value is -0.250. The molecule has 0 aromatic heterocycles. The van der Waals surface area contributed by atoms with E-state index < -0.39 is 12.6 Å². The third-order valence-electron chi connectivity index (χ3n) is 4.30. The zero-order valence-corrected chi connectivity index (χ0v) is 14.3. The molecule has 0 saturated carbocycles. The van der Waals surface area contributed by atoms with Gasteiger partial charge in [0.2, 0.25) is 0 Å². The van der Waals surface area contributed by atoms with E-state index in [-0.39, 0.29) is 6.42 Å². The number of halogens is 3. The third-order valence-corrected chi connectivity index (χ3v) is 4.30. The van der Waals surface area contributed by atoms with Crippen LogP contribution in [-0.4, -0.2) is 36.8 Å². The standard InChI is InChI=1S/C17H35F3N/c1-4-7-13-21(14-8-5-2,15-9-6-3)16-11-10-12-17(18,19)20/h4-16H2,1-3H3/q+1. The smallest absolute Gasteiger partial charge is 0.324 e. The molecule has 0 heterocycles. The Morgan fingerprint density at radius 3 is 1.33 bits per heavy atom. The number of quaternary nitrogens is 1. The normalized spacial score (nSPS) is 12.9. The highest BCUT2D eigenvalue weighted by atomic mass is 19.4. The van der Waals surface area contributed by atoms with Crippen LogP contribution in [0.2, 0.25) is 0 Å². The summed E-state index contributed by atoms with van der Waals surface area (Å²) in [6, 6.07) is 0. The lowest BCUT2D eigenvalue weighted by Crippen LogP contribution is -2.50. The molecule has 0 bridgehead atoms. The Morgan fingerprint density at radius 2 is 1.00 bits per heavy atom. The molecule has 0 atom stereocenters. The Morgan fingerprint density at radius 1 is 0.619 bits per heavy atom. The molecule has 128 valence electrons. The van der Waals surface area contributed by atoms with Gasteiger partial charge in [-0.05, 0) is 32.1 Å². The fraction of sp³-hybridized carbons (Fsp3) is 1.00. The van der Waals surface area contributed by atoms with E-state index in [1.807, 2.05) is 0 Å². The van der Waals surface area contributed by atoms with E-state index in [0.717, 1.165) is 30.7 Å². The van der Waals surface area contributed by atoms with E-state index in [0.29, 0.717) is 6.42 Å². The summed E-state index contributed by atoms with van der Waals surface area (Å²) in [5.74, 6) is 0. The maximum absolute atomic E-state index is 12.3. The summed E-state index contributed by atoms with van der Waals surface area (Å²) in [5, 5.41) is 0. The van der Waals surface area contributed by atoms with Crippen molar-refractivity contribution in [3.63, 3.8) is 0 Å². The fourth-order valence-corrected chi connectivity index (χ4v) is 2.92. The number of hydrogen-bond donors (Lipinski definition) is 0. The van der Waals surface area contributed by atoms with Gasteiger partial charge in [0, 0.05) is 6.42 Å². The summed E-state index contributed by atoms with van der Waals surface area (Å²) in [6.07, 6.45) is 3.44. The van der Waals surface area contributed by atoms with E-state index in [4.69, 9.17) is 0 Å². The van der Waals surface area contributed by atoms with Crippen LogP contribution in [0.1, 0.15) is 78.6 Å². The minimum absolute atomic E-state index is 0.286. The van der Waals surface area contributed by atoms with Crippen LogP contribution in [0.3, 0.4) is 0 Å². The molecule has 0 saturated heterocycles. The minimum atomic E-state index is -3.99. The number of nitrogens with zero attached hydrogens (tertiary/aromatic N) is 1. The van der Waals surface area contributed by atoms with Gasteiger partial charge >= 0.3 is 6.18 Å². The SMILES string of the molecule is CCCC[N+](CCCC)(CCCC)CCCCC(F)(F)F. The quantitative estimate of drug-likeness (QED) is 0.292. The molecule has 4 heteroatoms. The average Bonchev–Trinajstić information content (AvgIpc) is 2.43. The zero-order valence-electron chi connectivity index (χ0n) is 14.3. The Kier molecular flexibility index (Phi) is 11.2. The van der Waals surface area contributed by atoms with Gasteiger partial charge in [0.1, 0.15) is 0 Å². The molecule has 0 aliphatic heterocycles. The van der Waals surface area contributed by atoms with Crippen LogP contribution in [0, 0.1) is 0 Å². The minimum Gasteiger partial charge on any atom is -0.324 e. The Labute approximate surface area is 129 Å². The molecule has 0 aromatic rings. The summed E-state index contributed by atoms with van der Waals surface area (Å²) in [4.78, 5) is 0. The van der Waals surface area contributed by atoms with Crippen LogP contribution >= 0.6 is 0 Å². The van der Waals surface area contributed by atoms with Gasteiger partial charge < -0.3 is 4.48 Å². The molecular formula is C17H35F3N+. The second-order valence-corrected chi connectivity index (χ2v) is 6.37. The van der Waals surface area contributed by atoms with Crippen LogP contribution < -0.4 is 0 Å². The zero-order chi connectivity index (χ0) is 16.2. The maximum Gasteiger partial charge on any atom is 0.389 e. The van der Waals surface area contributed by atoms with Gasteiger partial charge in [-0.25, -0.2) is 0 Å². The Bertz CT molecular complexity index is 217. The monoisotopic (exact) mass is 310 g/mol. The van der Waals surface area contributed by atoms with Crippen LogP contribution in [0.25, 0.3) is 0 Å². The second-order valence-electron chi connectivity index (χ2n) is 6.37. The maximum atomic E-state index is 12.3. The summed E-state index contributed by atoms with van der Waals surface area (Å²) in [6.45, 7) is 10.9. The van der Waals surface area contributed by atoms with Crippen molar-refractivity contribution in [2.45, 2.75) is 84.7 Å². The first-order valence-corrected chi connectivity index (χ1v) is 8.81. The molecule has 0 radical (unpaired) electrons. The molecule has 0 rings (SSSR count). The molecule has 1 nitrogen and oxygen atoms in total. The lowest BCUT2D eigenvalue weighted by Gasteiger charge is -2.39. The lowest BCUT2D eigenvalue weighted by atomic mass is 10.1. The molecule has 21 heavy (non-hydrogen) atoms. The molecule has 0 amide bonds. The third kappa shape index (κ3) is 11.0. The molecule has 0 spiro atoms. The van der Waals surface area contributed by atoms with Gasteiger partial charge in [-0.3, -0.25) is 0 Å². The first-order valence-electron chi connectivity index (χ1n) is 8.81. The van der Waals surface area contributed by atoms with Crippen LogP contribution in [0.15, 0.2) is 0 Å². The van der Waals surface area contributed by atoms with Crippen LogP contribution in [0.5, 0.6) is 0 Å². The van der Waals surface area contributed by atoms with E-state index in [2.05, 4.69) is 20.8 Å². The highest BCUT2D eigenvalue weighted by molar-refractivity contribution is 4.54. The van der Waals surface area contributed by atoms with E-state index in [9.17, 15) is 13.2 Å². The lowest BCUT2D eigenvalue weighted by molar-refractivity contribution is -0.929. The fourth-order valence-electron chi connectivity index (χ4n) is 2.92. The molecule has 0 aliphatic rings. The van der Waals surface area contributed by atoms with Gasteiger partial charge in [0.05, 0.1) is 26.2 Å². The van der Waals surface area contributed by atoms with Gasteiger partial charge in [0.15, 0.2) is 0 Å². The summed E-state index contributed by atoms with van der Waals surface area (Å²) in [5.41, 5.74) is 0. The Balaban J connectivity index is 4.48. The molecule has 0 unspecified atom stereocenters. The van der Waals surface area contributed by atoms with Gasteiger partial charge in [-0.2, -0.15) is 13.2 Å². The van der Waals surface area contributed by atoms with Crippen molar-refractivity contribution in [3.05, 3.63) is 0 Å². The first-order chi connectivity index (χ1) is 9.89. The van der Waals surface area contributed by atoms with E-state index >= 15 is 0 Å². The highest BCUT2D eigenvalue weighted by Crippen LogP contribution is 2.23. The van der Waals surface area contributed by atoms with Crippen molar-refractivity contribution in [3.8, 4) is 0 Å². The number of rotatable bonds is 13. The van der Waals surface area contributed by atoms with Gasteiger partial charge in [-0.1, -0.05) is 40.0 Å². The van der Waals surface area contributed by atoms with Crippen LogP contribution in [-0.2, 0) is 0 Å². The predicted molar refractivity (Wildman–Crippen MR) is 84.4 cm³/mol. The summed E-state index contributed by atoms with van der Waals surface area (Å²) in [7, 11) is 0. The van der Waals surface area contributed by atoms with Crippen molar-refractivity contribution in [1.82, 2.24) is 0 Å². The van der Waals surface area contributed by atoms with Crippen molar-refractivity contribution in [1.29, 1.82) is 0 Å². The van der Waals surface area contributed by atoms with Gasteiger partial charge in [-0.15, -0.1) is 0 Å². The molecule has 0 fully saturated rings. The predicted octanol–water partition coefficient (Wildman–Crippen LogP) is 5.94. The van der Waals surface area contributed by atoms with Crippen molar-refractivity contribution >= 4 is 0 Å². The largest absolute Gasteiger partial charge is 0.389 e. The topological polar surface area (TPSA) is 0 Å².